The fraction of sp³-hybridized carbons (Fsp3) is 0.421. The Bertz CT molecular complexity index is 931. The van der Waals surface area contributed by atoms with E-state index in [1.807, 2.05) is 48.9 Å². The van der Waals surface area contributed by atoms with Crippen LogP contribution < -0.4 is 4.90 Å². The highest BCUT2D eigenvalue weighted by Gasteiger charge is 2.27. The second-order valence-electron chi connectivity index (χ2n) is 6.77. The van der Waals surface area contributed by atoms with E-state index in [9.17, 15) is 4.79 Å². The van der Waals surface area contributed by atoms with E-state index in [1.165, 1.54) is 0 Å². The SMILES string of the molecule is CCOC(=O)N(C)C1CCN(c2nn3cc(-c4ccc(Cl)cc4)nc3s2)CC1. The third-order valence-electron chi connectivity index (χ3n) is 5.01. The second-order valence-corrected chi connectivity index (χ2v) is 8.14. The van der Waals surface area contributed by atoms with Crippen molar-refractivity contribution in [3.05, 3.63) is 35.5 Å². The predicted molar refractivity (Wildman–Crippen MR) is 111 cm³/mol. The lowest BCUT2D eigenvalue weighted by Crippen LogP contribution is -2.45. The molecule has 0 unspecified atom stereocenters. The Hall–Kier alpha value is -2.32. The highest BCUT2D eigenvalue weighted by Crippen LogP contribution is 2.29. The van der Waals surface area contributed by atoms with Crippen LogP contribution in [0.2, 0.25) is 5.02 Å². The minimum absolute atomic E-state index is 0.204. The molecule has 3 aromatic rings. The van der Waals surface area contributed by atoms with E-state index in [4.69, 9.17) is 26.4 Å². The molecule has 1 aromatic carbocycles. The first-order chi connectivity index (χ1) is 13.5. The normalized spacial score (nSPS) is 15.2. The first kappa shape index (κ1) is 19.0. The molecule has 2 aromatic heterocycles. The molecular weight excluding hydrogens is 398 g/mol. The predicted octanol–water partition coefficient (Wildman–Crippen LogP) is 4.17. The molecular formula is C19H22ClN5O2S. The van der Waals surface area contributed by atoms with Gasteiger partial charge in [0.2, 0.25) is 10.1 Å². The monoisotopic (exact) mass is 419 g/mol. The largest absolute Gasteiger partial charge is 0.450 e. The van der Waals surface area contributed by atoms with Gasteiger partial charge in [-0.1, -0.05) is 35.1 Å². The summed E-state index contributed by atoms with van der Waals surface area (Å²) in [5.41, 5.74) is 1.91. The van der Waals surface area contributed by atoms with Crippen molar-refractivity contribution in [2.24, 2.45) is 0 Å². The molecule has 0 N–H and O–H groups in total. The van der Waals surface area contributed by atoms with E-state index in [2.05, 4.69) is 4.90 Å². The van der Waals surface area contributed by atoms with Crippen molar-refractivity contribution in [3.63, 3.8) is 0 Å². The maximum Gasteiger partial charge on any atom is 0.409 e. The summed E-state index contributed by atoms with van der Waals surface area (Å²) in [5, 5.41) is 6.37. The van der Waals surface area contributed by atoms with Crippen molar-refractivity contribution >= 4 is 39.1 Å². The zero-order valence-electron chi connectivity index (χ0n) is 15.8. The minimum Gasteiger partial charge on any atom is -0.450 e. The molecule has 1 fully saturated rings. The first-order valence-electron chi connectivity index (χ1n) is 9.32. The van der Waals surface area contributed by atoms with Gasteiger partial charge in [-0.2, -0.15) is 0 Å². The number of anilines is 1. The minimum atomic E-state index is -0.247. The number of nitrogens with zero attached hydrogens (tertiary/aromatic N) is 5. The lowest BCUT2D eigenvalue weighted by molar-refractivity contribution is 0.0962. The van der Waals surface area contributed by atoms with Crippen molar-refractivity contribution < 1.29 is 9.53 Å². The van der Waals surface area contributed by atoms with Crippen LogP contribution in [-0.4, -0.2) is 58.4 Å². The molecule has 0 radical (unpaired) electrons. The van der Waals surface area contributed by atoms with E-state index >= 15 is 0 Å². The number of hydrogen-bond donors (Lipinski definition) is 0. The molecule has 1 amide bonds. The Morgan fingerprint density at radius 3 is 2.68 bits per heavy atom. The second kappa shape index (κ2) is 7.97. The number of ether oxygens (including phenoxy) is 1. The fourth-order valence-electron chi connectivity index (χ4n) is 3.40. The molecule has 0 aliphatic carbocycles. The molecule has 4 rings (SSSR count). The number of rotatable bonds is 4. The number of hydrogen-bond acceptors (Lipinski definition) is 6. The van der Waals surface area contributed by atoms with Gasteiger partial charge in [0.25, 0.3) is 0 Å². The maximum atomic E-state index is 11.9. The van der Waals surface area contributed by atoms with Crippen molar-refractivity contribution in [3.8, 4) is 11.3 Å². The summed E-state index contributed by atoms with van der Waals surface area (Å²) in [6.45, 7) is 3.94. The van der Waals surface area contributed by atoms with Crippen LogP contribution in [0.3, 0.4) is 0 Å². The number of carbonyl (C=O) groups excluding carboxylic acids is 1. The maximum absolute atomic E-state index is 11.9. The van der Waals surface area contributed by atoms with Crippen LogP contribution in [0.1, 0.15) is 19.8 Å². The summed E-state index contributed by atoms with van der Waals surface area (Å²) in [4.78, 5) is 21.4. The van der Waals surface area contributed by atoms with Crippen LogP contribution >= 0.6 is 22.9 Å². The van der Waals surface area contributed by atoms with Crippen LogP contribution in [0, 0.1) is 0 Å². The van der Waals surface area contributed by atoms with Crippen LogP contribution in [0.25, 0.3) is 16.2 Å². The smallest absolute Gasteiger partial charge is 0.409 e. The highest BCUT2D eigenvalue weighted by atomic mass is 35.5. The lowest BCUT2D eigenvalue weighted by Gasteiger charge is -2.35. The average Bonchev–Trinajstić information content (AvgIpc) is 3.27. The van der Waals surface area contributed by atoms with Gasteiger partial charge in [-0.25, -0.2) is 14.3 Å². The van der Waals surface area contributed by atoms with Crippen LogP contribution in [-0.2, 0) is 4.74 Å². The molecule has 9 heteroatoms. The van der Waals surface area contributed by atoms with Gasteiger partial charge in [0.15, 0.2) is 0 Å². The van der Waals surface area contributed by atoms with Crippen LogP contribution in [0.15, 0.2) is 30.5 Å². The van der Waals surface area contributed by atoms with E-state index in [-0.39, 0.29) is 12.1 Å². The quantitative estimate of drug-likeness (QED) is 0.635. The highest BCUT2D eigenvalue weighted by molar-refractivity contribution is 7.20. The van der Waals surface area contributed by atoms with Crippen molar-refractivity contribution in [2.75, 3.05) is 31.6 Å². The van der Waals surface area contributed by atoms with Crippen LogP contribution in [0.5, 0.6) is 0 Å². The Balaban J connectivity index is 1.42. The summed E-state index contributed by atoms with van der Waals surface area (Å²) < 4.78 is 6.93. The topological polar surface area (TPSA) is 63.0 Å². The number of benzene rings is 1. The van der Waals surface area contributed by atoms with E-state index < -0.39 is 0 Å². The Kier molecular flexibility index (Phi) is 5.41. The van der Waals surface area contributed by atoms with Crippen molar-refractivity contribution in [2.45, 2.75) is 25.8 Å². The number of fused-ring (bicyclic) bond motifs is 1. The molecule has 7 nitrogen and oxygen atoms in total. The van der Waals surface area contributed by atoms with Gasteiger partial charge < -0.3 is 14.5 Å². The van der Waals surface area contributed by atoms with Gasteiger partial charge in [0, 0.05) is 36.8 Å². The van der Waals surface area contributed by atoms with E-state index in [1.54, 1.807) is 16.2 Å². The van der Waals surface area contributed by atoms with Gasteiger partial charge in [0.1, 0.15) is 0 Å². The Morgan fingerprint density at radius 1 is 1.32 bits per heavy atom. The Morgan fingerprint density at radius 2 is 2.04 bits per heavy atom. The Labute approximate surface area is 172 Å². The third-order valence-corrected chi connectivity index (χ3v) is 6.25. The zero-order valence-corrected chi connectivity index (χ0v) is 17.4. The number of aromatic nitrogens is 3. The van der Waals surface area contributed by atoms with Crippen LogP contribution in [0.4, 0.5) is 9.93 Å². The van der Waals surface area contributed by atoms with Crippen molar-refractivity contribution in [1.82, 2.24) is 19.5 Å². The van der Waals surface area contributed by atoms with E-state index in [0.717, 1.165) is 47.3 Å². The number of amides is 1. The molecule has 1 aliphatic heterocycles. The van der Waals surface area contributed by atoms with Gasteiger partial charge in [-0.05, 0) is 31.9 Å². The lowest BCUT2D eigenvalue weighted by atomic mass is 10.0. The fourth-order valence-corrected chi connectivity index (χ4v) is 4.46. The molecule has 0 spiro atoms. The standard InChI is InChI=1S/C19H22ClN5O2S/c1-3-27-19(26)23(2)15-8-10-24(11-9-15)18-22-25-12-16(21-17(25)28-18)13-4-6-14(20)7-5-13/h4-7,12,15H,3,8-11H2,1-2H3. The van der Waals surface area contributed by atoms with Gasteiger partial charge in [0.05, 0.1) is 18.5 Å². The summed E-state index contributed by atoms with van der Waals surface area (Å²) >= 11 is 7.54. The average molecular weight is 420 g/mol. The number of halogens is 1. The molecule has 3 heterocycles. The molecule has 148 valence electrons. The first-order valence-corrected chi connectivity index (χ1v) is 10.5. The van der Waals surface area contributed by atoms with Gasteiger partial charge in [-0.15, -0.1) is 5.10 Å². The summed E-state index contributed by atoms with van der Waals surface area (Å²) in [7, 11) is 1.81. The third kappa shape index (κ3) is 3.79. The summed E-state index contributed by atoms with van der Waals surface area (Å²) in [6.07, 6.45) is 3.49. The zero-order chi connectivity index (χ0) is 19.7. The number of piperidine rings is 1. The number of carbonyl (C=O) groups is 1. The van der Waals surface area contributed by atoms with Gasteiger partial charge >= 0.3 is 6.09 Å². The number of imidazole rings is 1. The molecule has 28 heavy (non-hydrogen) atoms. The molecule has 1 aliphatic rings. The summed E-state index contributed by atoms with van der Waals surface area (Å²) in [5.74, 6) is 0. The summed E-state index contributed by atoms with van der Waals surface area (Å²) in [6, 6.07) is 7.85. The van der Waals surface area contributed by atoms with Crippen molar-refractivity contribution in [1.29, 1.82) is 0 Å². The molecule has 0 atom stereocenters. The molecule has 0 bridgehead atoms. The van der Waals surface area contributed by atoms with E-state index in [0.29, 0.717) is 11.6 Å². The molecule has 0 saturated carbocycles. The molecule has 1 saturated heterocycles. The van der Waals surface area contributed by atoms with Gasteiger partial charge in [-0.3, -0.25) is 0 Å².